The second-order valence-electron chi connectivity index (χ2n) is 5.25. The molecule has 0 radical (unpaired) electrons. The molecule has 0 fully saturated rings. The van der Waals surface area contributed by atoms with Crippen LogP contribution in [0.25, 0.3) is 0 Å². The molecule has 1 aromatic heterocycles. The summed E-state index contributed by atoms with van der Waals surface area (Å²) >= 11 is 0. The third kappa shape index (κ3) is 4.39. The summed E-state index contributed by atoms with van der Waals surface area (Å²) in [5, 5.41) is 6.18. The SMILES string of the molecule is Cc1ccc(NC(=O)C(C)NC(C)c2cccnc2)cc1. The van der Waals surface area contributed by atoms with Gasteiger partial charge in [0.15, 0.2) is 0 Å². The minimum Gasteiger partial charge on any atom is -0.325 e. The molecule has 0 spiro atoms. The Morgan fingerprint density at radius 2 is 1.86 bits per heavy atom. The molecule has 2 N–H and O–H groups in total. The van der Waals surface area contributed by atoms with Crippen LogP contribution >= 0.6 is 0 Å². The zero-order valence-corrected chi connectivity index (χ0v) is 12.6. The number of rotatable bonds is 5. The van der Waals surface area contributed by atoms with Crippen molar-refractivity contribution in [2.45, 2.75) is 32.9 Å². The first kappa shape index (κ1) is 15.2. The lowest BCUT2D eigenvalue weighted by Crippen LogP contribution is -2.39. The van der Waals surface area contributed by atoms with Crippen molar-refractivity contribution in [2.75, 3.05) is 5.32 Å². The van der Waals surface area contributed by atoms with E-state index in [1.807, 2.05) is 63.4 Å². The van der Waals surface area contributed by atoms with Gasteiger partial charge in [0.05, 0.1) is 6.04 Å². The summed E-state index contributed by atoms with van der Waals surface area (Å²) in [7, 11) is 0. The van der Waals surface area contributed by atoms with Gasteiger partial charge in [-0.25, -0.2) is 0 Å². The second-order valence-corrected chi connectivity index (χ2v) is 5.25. The van der Waals surface area contributed by atoms with Crippen molar-refractivity contribution in [3.8, 4) is 0 Å². The first-order chi connectivity index (χ1) is 10.1. The van der Waals surface area contributed by atoms with E-state index >= 15 is 0 Å². The fraction of sp³-hybridized carbons (Fsp3) is 0.294. The van der Waals surface area contributed by atoms with E-state index < -0.39 is 0 Å². The number of carbonyl (C=O) groups is 1. The number of hydrogen-bond donors (Lipinski definition) is 2. The zero-order chi connectivity index (χ0) is 15.2. The maximum atomic E-state index is 12.2. The first-order valence-corrected chi connectivity index (χ1v) is 7.10. The number of amides is 1. The summed E-state index contributed by atoms with van der Waals surface area (Å²) < 4.78 is 0. The highest BCUT2D eigenvalue weighted by Gasteiger charge is 2.16. The van der Waals surface area contributed by atoms with Crippen molar-refractivity contribution in [1.82, 2.24) is 10.3 Å². The molecule has 0 bridgehead atoms. The number of benzene rings is 1. The van der Waals surface area contributed by atoms with Gasteiger partial charge in [-0.3, -0.25) is 15.1 Å². The molecule has 4 heteroatoms. The van der Waals surface area contributed by atoms with Crippen LogP contribution in [-0.2, 0) is 4.79 Å². The van der Waals surface area contributed by atoms with Crippen LogP contribution in [0.4, 0.5) is 5.69 Å². The molecular formula is C17H21N3O. The van der Waals surface area contributed by atoms with Gasteiger partial charge in [0.25, 0.3) is 0 Å². The molecule has 2 aromatic rings. The minimum atomic E-state index is -0.290. The molecule has 4 nitrogen and oxygen atoms in total. The van der Waals surface area contributed by atoms with Crippen LogP contribution in [0.5, 0.6) is 0 Å². The Hall–Kier alpha value is -2.20. The predicted molar refractivity (Wildman–Crippen MR) is 85.1 cm³/mol. The van der Waals surface area contributed by atoms with E-state index in [2.05, 4.69) is 15.6 Å². The standard InChI is InChI=1S/C17H21N3O/c1-12-6-8-16(9-7-12)20-17(21)14(3)19-13(2)15-5-4-10-18-11-15/h4-11,13-14,19H,1-3H3,(H,20,21). The van der Waals surface area contributed by atoms with Gasteiger partial charge in [0.2, 0.25) is 5.91 Å². The average molecular weight is 283 g/mol. The van der Waals surface area contributed by atoms with Gasteiger partial charge in [-0.2, -0.15) is 0 Å². The first-order valence-electron chi connectivity index (χ1n) is 7.10. The molecular weight excluding hydrogens is 262 g/mol. The van der Waals surface area contributed by atoms with Gasteiger partial charge < -0.3 is 5.32 Å². The minimum absolute atomic E-state index is 0.0467. The molecule has 0 saturated carbocycles. The van der Waals surface area contributed by atoms with Crippen molar-refractivity contribution in [2.24, 2.45) is 0 Å². The lowest BCUT2D eigenvalue weighted by atomic mass is 10.1. The van der Waals surface area contributed by atoms with Crippen LogP contribution in [-0.4, -0.2) is 16.9 Å². The molecule has 110 valence electrons. The fourth-order valence-electron chi connectivity index (χ4n) is 2.07. The Morgan fingerprint density at radius 1 is 1.14 bits per heavy atom. The lowest BCUT2D eigenvalue weighted by Gasteiger charge is -2.19. The number of carbonyl (C=O) groups excluding carboxylic acids is 1. The maximum absolute atomic E-state index is 12.2. The number of nitrogens with one attached hydrogen (secondary N) is 2. The van der Waals surface area contributed by atoms with Crippen LogP contribution in [0, 0.1) is 6.92 Å². The normalized spacial score (nSPS) is 13.5. The molecule has 1 aromatic carbocycles. The average Bonchev–Trinajstić information content (AvgIpc) is 2.50. The Labute approximate surface area is 125 Å². The number of aromatic nitrogens is 1. The molecule has 0 aliphatic rings. The molecule has 2 atom stereocenters. The quantitative estimate of drug-likeness (QED) is 0.886. The monoisotopic (exact) mass is 283 g/mol. The number of hydrogen-bond acceptors (Lipinski definition) is 3. The zero-order valence-electron chi connectivity index (χ0n) is 12.6. The Balaban J connectivity index is 1.92. The van der Waals surface area contributed by atoms with E-state index in [1.165, 1.54) is 5.56 Å². The number of anilines is 1. The Bertz CT molecular complexity index is 581. The van der Waals surface area contributed by atoms with Gasteiger partial charge in [-0.15, -0.1) is 0 Å². The van der Waals surface area contributed by atoms with E-state index in [0.29, 0.717) is 0 Å². The van der Waals surface area contributed by atoms with Crippen molar-refractivity contribution in [1.29, 1.82) is 0 Å². The molecule has 1 heterocycles. The van der Waals surface area contributed by atoms with E-state index in [9.17, 15) is 4.79 Å². The van der Waals surface area contributed by atoms with Crippen LogP contribution < -0.4 is 10.6 Å². The molecule has 21 heavy (non-hydrogen) atoms. The van der Waals surface area contributed by atoms with Crippen LogP contribution in [0.1, 0.15) is 31.0 Å². The largest absolute Gasteiger partial charge is 0.325 e. The summed E-state index contributed by atoms with van der Waals surface area (Å²) in [6, 6.07) is 11.4. The summed E-state index contributed by atoms with van der Waals surface area (Å²) in [4.78, 5) is 16.3. The summed E-state index contributed by atoms with van der Waals surface area (Å²) in [6.07, 6.45) is 3.55. The van der Waals surface area contributed by atoms with Gasteiger partial charge in [-0.05, 0) is 44.5 Å². The van der Waals surface area contributed by atoms with Gasteiger partial charge in [-0.1, -0.05) is 23.8 Å². The topological polar surface area (TPSA) is 54.0 Å². The highest BCUT2D eigenvalue weighted by atomic mass is 16.2. The number of aryl methyl sites for hydroxylation is 1. The summed E-state index contributed by atoms with van der Waals surface area (Å²) in [5.41, 5.74) is 3.05. The summed E-state index contributed by atoms with van der Waals surface area (Å²) in [6.45, 7) is 5.90. The second kappa shape index (κ2) is 6.99. The smallest absolute Gasteiger partial charge is 0.241 e. The number of pyridine rings is 1. The lowest BCUT2D eigenvalue weighted by molar-refractivity contribution is -0.117. The van der Waals surface area contributed by atoms with Crippen molar-refractivity contribution in [3.63, 3.8) is 0 Å². The highest BCUT2D eigenvalue weighted by molar-refractivity contribution is 5.94. The van der Waals surface area contributed by atoms with Gasteiger partial charge in [0.1, 0.15) is 0 Å². The molecule has 0 saturated heterocycles. The Kier molecular flexibility index (Phi) is 5.06. The predicted octanol–water partition coefficient (Wildman–Crippen LogP) is 3.07. The van der Waals surface area contributed by atoms with E-state index in [-0.39, 0.29) is 18.0 Å². The van der Waals surface area contributed by atoms with Crippen molar-refractivity contribution in [3.05, 3.63) is 59.9 Å². The Morgan fingerprint density at radius 3 is 2.48 bits per heavy atom. The molecule has 2 unspecified atom stereocenters. The molecule has 0 aliphatic carbocycles. The van der Waals surface area contributed by atoms with E-state index in [4.69, 9.17) is 0 Å². The number of nitrogens with zero attached hydrogens (tertiary/aromatic N) is 1. The van der Waals surface area contributed by atoms with E-state index in [0.717, 1.165) is 11.3 Å². The molecule has 2 rings (SSSR count). The van der Waals surface area contributed by atoms with Crippen LogP contribution in [0.2, 0.25) is 0 Å². The molecule has 0 aliphatic heterocycles. The fourth-order valence-corrected chi connectivity index (χ4v) is 2.07. The van der Waals surface area contributed by atoms with Gasteiger partial charge in [0, 0.05) is 24.1 Å². The highest BCUT2D eigenvalue weighted by Crippen LogP contribution is 2.12. The van der Waals surface area contributed by atoms with E-state index in [1.54, 1.807) is 6.20 Å². The summed E-state index contributed by atoms with van der Waals surface area (Å²) in [5.74, 6) is -0.0467. The van der Waals surface area contributed by atoms with Crippen molar-refractivity contribution < 1.29 is 4.79 Å². The third-order valence-corrected chi connectivity index (χ3v) is 3.40. The van der Waals surface area contributed by atoms with Crippen LogP contribution in [0.15, 0.2) is 48.8 Å². The third-order valence-electron chi connectivity index (χ3n) is 3.40. The molecule has 1 amide bonds. The van der Waals surface area contributed by atoms with Crippen LogP contribution in [0.3, 0.4) is 0 Å². The van der Waals surface area contributed by atoms with Gasteiger partial charge >= 0.3 is 0 Å². The maximum Gasteiger partial charge on any atom is 0.241 e. The van der Waals surface area contributed by atoms with Crippen molar-refractivity contribution >= 4 is 11.6 Å².